The van der Waals surface area contributed by atoms with Crippen LogP contribution in [-0.2, 0) is 21.0 Å². The predicted molar refractivity (Wildman–Crippen MR) is 161 cm³/mol. The summed E-state index contributed by atoms with van der Waals surface area (Å²) in [5.74, 6) is -1.44. The number of methoxy groups -OCH3 is 1. The van der Waals surface area contributed by atoms with Gasteiger partial charge in [0.2, 0.25) is 0 Å². The van der Waals surface area contributed by atoms with Crippen molar-refractivity contribution in [3.8, 4) is 11.5 Å². The van der Waals surface area contributed by atoms with E-state index in [0.717, 1.165) is 17.0 Å². The number of ketones is 2. The van der Waals surface area contributed by atoms with Crippen LogP contribution >= 0.6 is 11.6 Å². The fraction of sp³-hybridized carbons (Fsp3) is 0.441. The second-order valence-corrected chi connectivity index (χ2v) is 13.7. The fourth-order valence-electron chi connectivity index (χ4n) is 6.64. The lowest BCUT2D eigenvalue weighted by atomic mass is 9.63. The monoisotopic (exact) mass is 609 g/mol. The van der Waals surface area contributed by atoms with E-state index >= 15 is 0 Å². The Labute approximate surface area is 256 Å². The Bertz CT molecular complexity index is 1500. The first-order chi connectivity index (χ1) is 20.2. The molecule has 0 bridgehead atoms. The molecule has 1 aliphatic heterocycles. The van der Waals surface area contributed by atoms with Gasteiger partial charge in [-0.05, 0) is 59.1 Å². The Morgan fingerprint density at radius 2 is 1.53 bits per heavy atom. The van der Waals surface area contributed by atoms with E-state index in [1.165, 1.54) is 19.2 Å². The van der Waals surface area contributed by atoms with Crippen LogP contribution in [0.25, 0.3) is 0 Å². The first-order valence-electron chi connectivity index (χ1n) is 14.5. The molecule has 0 saturated heterocycles. The van der Waals surface area contributed by atoms with Gasteiger partial charge in [0.05, 0.1) is 18.6 Å². The zero-order valence-corrected chi connectivity index (χ0v) is 25.9. The molecular weight excluding hydrogens is 573 g/mol. The standard InChI is InChI=1S/C34H37ClFNO6/c1-33(2)14-23-30(25(38)16-33)29(31-24(37(23)11-10-28(40)41)15-34(3,4)17-26(31)39)20-12-22(35)32(27(13-20)42-5)43-18-19-6-8-21(36)9-7-19/h6-9,12-13,29H,10-11,14-18H2,1-5H3,(H,40,41). The highest BCUT2D eigenvalue weighted by Gasteiger charge is 2.49. The van der Waals surface area contributed by atoms with Gasteiger partial charge in [-0.25, -0.2) is 4.39 Å². The van der Waals surface area contributed by atoms with Crippen LogP contribution in [0.15, 0.2) is 58.9 Å². The second kappa shape index (κ2) is 11.5. The summed E-state index contributed by atoms with van der Waals surface area (Å²) in [5.41, 5.74) is 3.32. The first kappa shape index (κ1) is 30.8. The van der Waals surface area contributed by atoms with Gasteiger partial charge < -0.3 is 19.5 Å². The SMILES string of the molecule is COc1cc(C2C3=C(CC(C)(C)CC3=O)N(CCC(=O)O)C3=C2C(=O)CC(C)(C)C3)cc(Cl)c1OCc1ccc(F)cc1. The summed E-state index contributed by atoms with van der Waals surface area (Å²) >= 11 is 6.81. The summed E-state index contributed by atoms with van der Waals surface area (Å²) in [6.45, 7) is 8.44. The van der Waals surface area contributed by atoms with Crippen molar-refractivity contribution in [2.45, 2.75) is 72.3 Å². The molecular formula is C34H37ClFNO6. The third kappa shape index (κ3) is 6.21. The van der Waals surface area contributed by atoms with Gasteiger partial charge in [0.1, 0.15) is 12.4 Å². The Kier molecular flexibility index (Phi) is 8.20. The van der Waals surface area contributed by atoms with Gasteiger partial charge in [0, 0.05) is 47.8 Å². The van der Waals surface area contributed by atoms with Crippen molar-refractivity contribution >= 4 is 29.1 Å². The Hall–Kier alpha value is -3.65. The van der Waals surface area contributed by atoms with E-state index in [0.29, 0.717) is 53.9 Å². The van der Waals surface area contributed by atoms with Gasteiger partial charge in [-0.2, -0.15) is 0 Å². The van der Waals surface area contributed by atoms with Gasteiger partial charge >= 0.3 is 5.97 Å². The normalized spacial score (nSPS) is 19.7. The fourth-order valence-corrected chi connectivity index (χ4v) is 6.91. The van der Waals surface area contributed by atoms with E-state index in [-0.39, 0.29) is 52.8 Å². The Balaban J connectivity index is 1.65. The minimum atomic E-state index is -0.943. The zero-order valence-electron chi connectivity index (χ0n) is 25.2. The van der Waals surface area contributed by atoms with E-state index < -0.39 is 11.9 Å². The molecule has 0 saturated carbocycles. The molecule has 0 unspecified atom stereocenters. The third-order valence-corrected chi connectivity index (χ3v) is 8.73. The maximum atomic E-state index is 14.0. The number of benzene rings is 2. The van der Waals surface area contributed by atoms with Crippen molar-refractivity contribution in [2.75, 3.05) is 13.7 Å². The first-order valence-corrected chi connectivity index (χ1v) is 14.8. The Morgan fingerprint density at radius 1 is 0.977 bits per heavy atom. The highest BCUT2D eigenvalue weighted by atomic mass is 35.5. The number of hydrogen-bond acceptors (Lipinski definition) is 6. The molecule has 3 aliphatic rings. The number of carboxylic acids is 1. The van der Waals surface area contributed by atoms with E-state index in [2.05, 4.69) is 0 Å². The summed E-state index contributed by atoms with van der Waals surface area (Å²) in [7, 11) is 1.49. The number of rotatable bonds is 8. The van der Waals surface area contributed by atoms with E-state index in [1.54, 1.807) is 24.3 Å². The van der Waals surface area contributed by atoms with Crippen LogP contribution in [0.5, 0.6) is 11.5 Å². The molecule has 0 radical (unpaired) electrons. The summed E-state index contributed by atoms with van der Waals surface area (Å²) in [6.07, 6.45) is 1.63. The van der Waals surface area contributed by atoms with E-state index in [1.807, 2.05) is 32.6 Å². The number of ether oxygens (including phenoxy) is 2. The number of aliphatic carboxylic acids is 1. The molecule has 0 aromatic heterocycles. The summed E-state index contributed by atoms with van der Waals surface area (Å²) in [4.78, 5) is 41.5. The molecule has 228 valence electrons. The molecule has 0 amide bonds. The molecule has 1 heterocycles. The van der Waals surface area contributed by atoms with Crippen LogP contribution in [0.3, 0.4) is 0 Å². The lowest BCUT2D eigenvalue weighted by Gasteiger charge is -2.49. The molecule has 0 spiro atoms. The molecule has 5 rings (SSSR count). The lowest BCUT2D eigenvalue weighted by molar-refractivity contribution is -0.137. The average molecular weight is 610 g/mol. The van der Waals surface area contributed by atoms with Crippen LogP contribution in [0.2, 0.25) is 5.02 Å². The van der Waals surface area contributed by atoms with Crippen molar-refractivity contribution < 1.29 is 33.4 Å². The smallest absolute Gasteiger partial charge is 0.305 e. The zero-order chi connectivity index (χ0) is 31.3. The van der Waals surface area contributed by atoms with Gasteiger partial charge in [-0.1, -0.05) is 51.4 Å². The maximum absolute atomic E-state index is 14.0. The molecule has 1 N–H and O–H groups in total. The molecule has 2 aliphatic carbocycles. The molecule has 9 heteroatoms. The van der Waals surface area contributed by atoms with Crippen LogP contribution in [0.1, 0.15) is 76.8 Å². The number of hydrogen-bond donors (Lipinski definition) is 1. The molecule has 43 heavy (non-hydrogen) atoms. The number of halogens is 2. The van der Waals surface area contributed by atoms with Crippen molar-refractivity contribution in [3.63, 3.8) is 0 Å². The maximum Gasteiger partial charge on any atom is 0.305 e. The largest absolute Gasteiger partial charge is 0.493 e. The number of nitrogens with zero attached hydrogens (tertiary/aromatic N) is 1. The van der Waals surface area contributed by atoms with Crippen molar-refractivity contribution in [1.29, 1.82) is 0 Å². The van der Waals surface area contributed by atoms with Crippen molar-refractivity contribution in [3.05, 3.63) is 80.9 Å². The highest BCUT2D eigenvalue weighted by Crippen LogP contribution is 2.55. The van der Waals surface area contributed by atoms with Crippen LogP contribution in [-0.4, -0.2) is 41.2 Å². The topological polar surface area (TPSA) is 93.1 Å². The molecule has 7 nitrogen and oxygen atoms in total. The van der Waals surface area contributed by atoms with Gasteiger partial charge in [0.15, 0.2) is 23.1 Å². The third-order valence-electron chi connectivity index (χ3n) is 8.45. The quantitative estimate of drug-likeness (QED) is 0.337. The minimum Gasteiger partial charge on any atom is -0.493 e. The number of carbonyl (C=O) groups is 3. The van der Waals surface area contributed by atoms with Crippen LogP contribution in [0.4, 0.5) is 4.39 Å². The van der Waals surface area contributed by atoms with E-state index in [9.17, 15) is 23.9 Å². The molecule has 0 atom stereocenters. The van der Waals surface area contributed by atoms with Crippen molar-refractivity contribution in [1.82, 2.24) is 4.90 Å². The van der Waals surface area contributed by atoms with Gasteiger partial charge in [-0.15, -0.1) is 0 Å². The Morgan fingerprint density at radius 3 is 2.05 bits per heavy atom. The van der Waals surface area contributed by atoms with Gasteiger partial charge in [0.25, 0.3) is 0 Å². The lowest BCUT2D eigenvalue weighted by Crippen LogP contribution is -2.45. The minimum absolute atomic E-state index is 0.0625. The predicted octanol–water partition coefficient (Wildman–Crippen LogP) is 7.23. The van der Waals surface area contributed by atoms with E-state index in [4.69, 9.17) is 21.1 Å². The van der Waals surface area contributed by atoms with Crippen molar-refractivity contribution in [2.24, 2.45) is 10.8 Å². The highest BCUT2D eigenvalue weighted by molar-refractivity contribution is 6.32. The van der Waals surface area contributed by atoms with Gasteiger partial charge in [-0.3, -0.25) is 14.4 Å². The summed E-state index contributed by atoms with van der Waals surface area (Å²) < 4.78 is 25.1. The number of carbonyl (C=O) groups excluding carboxylic acids is 2. The van der Waals surface area contributed by atoms with Crippen LogP contribution < -0.4 is 9.47 Å². The summed E-state index contributed by atoms with van der Waals surface area (Å²) in [5, 5.41) is 9.82. The molecule has 2 aromatic carbocycles. The molecule has 2 aromatic rings. The number of Topliss-reactive ketones (excluding diaryl/α,β-unsaturated/α-hetero) is 2. The average Bonchev–Trinajstić information content (AvgIpc) is 2.90. The molecule has 0 fully saturated rings. The number of allylic oxidation sites excluding steroid dienone is 4. The summed E-state index contributed by atoms with van der Waals surface area (Å²) in [6, 6.07) is 9.43. The number of carboxylic acid groups (broad SMARTS) is 1. The second-order valence-electron chi connectivity index (χ2n) is 13.3. The van der Waals surface area contributed by atoms with Crippen LogP contribution in [0, 0.1) is 16.6 Å².